The summed E-state index contributed by atoms with van der Waals surface area (Å²) >= 11 is 3.56. The molecule has 1 fully saturated rings. The first-order valence-electron chi connectivity index (χ1n) is 7.78. The maximum Gasteiger partial charge on any atom is 0.0178 e. The number of rotatable bonds is 6. The summed E-state index contributed by atoms with van der Waals surface area (Å²) in [5.74, 6) is 0. The molecule has 1 aromatic rings. The van der Waals surface area contributed by atoms with Gasteiger partial charge in [0.2, 0.25) is 0 Å². The zero-order valence-corrected chi connectivity index (χ0v) is 14.3. The Balaban J connectivity index is 1.74. The summed E-state index contributed by atoms with van der Waals surface area (Å²) in [6.07, 6.45) is 5.33. The third-order valence-electron chi connectivity index (χ3n) is 4.25. The lowest BCUT2D eigenvalue weighted by Gasteiger charge is -2.27. The first-order valence-corrected chi connectivity index (χ1v) is 8.57. The van der Waals surface area contributed by atoms with Crippen LogP contribution in [0.4, 0.5) is 0 Å². The van der Waals surface area contributed by atoms with Gasteiger partial charge in [0.05, 0.1) is 0 Å². The van der Waals surface area contributed by atoms with Crippen molar-refractivity contribution in [3.63, 3.8) is 0 Å². The minimum Gasteiger partial charge on any atom is -0.316 e. The summed E-state index contributed by atoms with van der Waals surface area (Å²) in [5.41, 5.74) is 1.55. The van der Waals surface area contributed by atoms with Gasteiger partial charge >= 0.3 is 0 Å². The van der Waals surface area contributed by atoms with E-state index in [-0.39, 0.29) is 5.41 Å². The van der Waals surface area contributed by atoms with Crippen molar-refractivity contribution in [3.8, 4) is 0 Å². The first kappa shape index (κ1) is 16.0. The van der Waals surface area contributed by atoms with Gasteiger partial charge in [0.15, 0.2) is 0 Å². The Morgan fingerprint density at radius 2 is 2.20 bits per heavy atom. The highest BCUT2D eigenvalue weighted by atomic mass is 79.9. The molecule has 1 aliphatic heterocycles. The SMILES string of the molecule is CC(C)(CNCCC1CCCCN1)c1cccc(Br)c1. The Hall–Kier alpha value is -0.380. The molecule has 1 saturated heterocycles. The van der Waals surface area contributed by atoms with E-state index in [2.05, 4.69) is 64.7 Å². The Kier molecular flexibility index (Phi) is 6.06. The van der Waals surface area contributed by atoms with Gasteiger partial charge in [-0.15, -0.1) is 0 Å². The van der Waals surface area contributed by atoms with Crippen molar-refractivity contribution in [1.29, 1.82) is 0 Å². The van der Waals surface area contributed by atoms with E-state index in [1.165, 1.54) is 37.8 Å². The van der Waals surface area contributed by atoms with Crippen molar-refractivity contribution in [2.75, 3.05) is 19.6 Å². The molecule has 0 bridgehead atoms. The third-order valence-corrected chi connectivity index (χ3v) is 4.75. The van der Waals surface area contributed by atoms with Crippen LogP contribution in [0.15, 0.2) is 28.7 Å². The van der Waals surface area contributed by atoms with Crippen LogP contribution in [0, 0.1) is 0 Å². The highest BCUT2D eigenvalue weighted by Gasteiger charge is 2.20. The number of piperidine rings is 1. The van der Waals surface area contributed by atoms with E-state index in [1.807, 2.05) is 0 Å². The van der Waals surface area contributed by atoms with Crippen LogP contribution in [-0.4, -0.2) is 25.7 Å². The van der Waals surface area contributed by atoms with Crippen molar-refractivity contribution in [2.24, 2.45) is 0 Å². The minimum atomic E-state index is 0.170. The average Bonchev–Trinajstić information content (AvgIpc) is 2.45. The Bertz CT molecular complexity index is 411. The van der Waals surface area contributed by atoms with Gasteiger partial charge in [-0.3, -0.25) is 0 Å². The molecule has 1 unspecified atom stereocenters. The molecule has 20 heavy (non-hydrogen) atoms. The van der Waals surface area contributed by atoms with Gasteiger partial charge < -0.3 is 10.6 Å². The number of hydrogen-bond acceptors (Lipinski definition) is 2. The largest absolute Gasteiger partial charge is 0.316 e. The molecule has 1 atom stereocenters. The Morgan fingerprint density at radius 3 is 2.90 bits per heavy atom. The number of nitrogens with one attached hydrogen (secondary N) is 2. The van der Waals surface area contributed by atoms with Gasteiger partial charge in [-0.1, -0.05) is 48.3 Å². The molecule has 112 valence electrons. The van der Waals surface area contributed by atoms with Crippen LogP contribution in [0.3, 0.4) is 0 Å². The van der Waals surface area contributed by atoms with E-state index >= 15 is 0 Å². The first-order chi connectivity index (χ1) is 9.58. The molecule has 0 amide bonds. The summed E-state index contributed by atoms with van der Waals surface area (Å²) < 4.78 is 1.16. The van der Waals surface area contributed by atoms with E-state index in [1.54, 1.807) is 0 Å². The molecular formula is C17H27BrN2. The fraction of sp³-hybridized carbons (Fsp3) is 0.647. The lowest BCUT2D eigenvalue weighted by molar-refractivity contribution is 0.368. The fourth-order valence-electron chi connectivity index (χ4n) is 2.86. The van der Waals surface area contributed by atoms with Crippen molar-refractivity contribution < 1.29 is 0 Å². The van der Waals surface area contributed by atoms with E-state index in [9.17, 15) is 0 Å². The second kappa shape index (κ2) is 7.58. The summed E-state index contributed by atoms with van der Waals surface area (Å²) in [6.45, 7) is 7.95. The van der Waals surface area contributed by atoms with Crippen LogP contribution in [-0.2, 0) is 5.41 Å². The molecule has 2 rings (SSSR count). The highest BCUT2D eigenvalue weighted by Crippen LogP contribution is 2.25. The Labute approximate surface area is 131 Å². The molecule has 0 aliphatic carbocycles. The second-order valence-corrected chi connectivity index (χ2v) is 7.42. The number of benzene rings is 1. The van der Waals surface area contributed by atoms with Crippen LogP contribution >= 0.6 is 15.9 Å². The molecule has 3 heteroatoms. The molecule has 0 saturated carbocycles. The van der Waals surface area contributed by atoms with Gasteiger partial charge in [0.1, 0.15) is 0 Å². The molecule has 2 nitrogen and oxygen atoms in total. The maximum atomic E-state index is 3.64. The predicted molar refractivity (Wildman–Crippen MR) is 90.3 cm³/mol. The van der Waals surface area contributed by atoms with Crippen LogP contribution < -0.4 is 10.6 Å². The van der Waals surface area contributed by atoms with E-state index in [4.69, 9.17) is 0 Å². The summed E-state index contributed by atoms with van der Waals surface area (Å²) in [7, 11) is 0. The molecule has 0 radical (unpaired) electrons. The summed E-state index contributed by atoms with van der Waals surface area (Å²) in [4.78, 5) is 0. The van der Waals surface area contributed by atoms with Gasteiger partial charge in [-0.2, -0.15) is 0 Å². The van der Waals surface area contributed by atoms with Crippen molar-refractivity contribution in [2.45, 2.75) is 51.0 Å². The zero-order chi connectivity index (χ0) is 14.4. The third kappa shape index (κ3) is 4.87. The topological polar surface area (TPSA) is 24.1 Å². The van der Waals surface area contributed by atoms with Crippen molar-refractivity contribution in [3.05, 3.63) is 34.3 Å². The fourth-order valence-corrected chi connectivity index (χ4v) is 3.26. The van der Waals surface area contributed by atoms with Gasteiger partial charge in [-0.25, -0.2) is 0 Å². The van der Waals surface area contributed by atoms with Crippen molar-refractivity contribution >= 4 is 15.9 Å². The molecule has 1 heterocycles. The monoisotopic (exact) mass is 338 g/mol. The van der Waals surface area contributed by atoms with Gasteiger partial charge in [0.25, 0.3) is 0 Å². The number of hydrogen-bond donors (Lipinski definition) is 2. The molecule has 0 aromatic heterocycles. The average molecular weight is 339 g/mol. The lowest BCUT2D eigenvalue weighted by atomic mass is 9.84. The summed E-state index contributed by atoms with van der Waals surface area (Å²) in [6, 6.07) is 9.37. The molecular weight excluding hydrogens is 312 g/mol. The highest BCUT2D eigenvalue weighted by molar-refractivity contribution is 9.10. The zero-order valence-electron chi connectivity index (χ0n) is 12.7. The molecule has 1 aliphatic rings. The summed E-state index contributed by atoms with van der Waals surface area (Å²) in [5, 5.41) is 7.25. The lowest BCUT2D eigenvalue weighted by Crippen LogP contribution is -2.39. The van der Waals surface area contributed by atoms with Crippen molar-refractivity contribution in [1.82, 2.24) is 10.6 Å². The van der Waals surface area contributed by atoms with Crippen LogP contribution in [0.5, 0.6) is 0 Å². The molecule has 2 N–H and O–H groups in total. The van der Waals surface area contributed by atoms with Crippen LogP contribution in [0.2, 0.25) is 0 Å². The molecule has 0 spiro atoms. The standard InChI is InChI=1S/C17H27BrN2/c1-17(2,14-6-5-7-15(18)12-14)13-19-11-9-16-8-3-4-10-20-16/h5-7,12,16,19-20H,3-4,8-11,13H2,1-2H3. The van der Waals surface area contributed by atoms with E-state index in [0.717, 1.165) is 23.6 Å². The smallest absolute Gasteiger partial charge is 0.0178 e. The predicted octanol–water partition coefficient (Wildman–Crippen LogP) is 3.85. The normalized spacial score (nSPS) is 20.1. The van der Waals surface area contributed by atoms with E-state index < -0.39 is 0 Å². The van der Waals surface area contributed by atoms with Crippen LogP contribution in [0.25, 0.3) is 0 Å². The van der Waals surface area contributed by atoms with E-state index in [0.29, 0.717) is 0 Å². The second-order valence-electron chi connectivity index (χ2n) is 6.51. The molecule has 1 aromatic carbocycles. The quantitative estimate of drug-likeness (QED) is 0.770. The minimum absolute atomic E-state index is 0.170. The Morgan fingerprint density at radius 1 is 1.35 bits per heavy atom. The van der Waals surface area contributed by atoms with Gasteiger partial charge in [-0.05, 0) is 50.0 Å². The van der Waals surface area contributed by atoms with Crippen LogP contribution in [0.1, 0.15) is 45.1 Å². The maximum absolute atomic E-state index is 3.64. The number of halogens is 1. The van der Waals surface area contributed by atoms with Gasteiger partial charge in [0, 0.05) is 22.5 Å².